The summed E-state index contributed by atoms with van der Waals surface area (Å²) in [5, 5.41) is 9.18. The SMILES string of the molecule is COc1c(C)c2c(c(OC(=S)N(C)CC(C)C)c1C/C=C(\C)CCC(=O)O)C(=O)OC2. The van der Waals surface area contributed by atoms with Crippen LogP contribution in [0.1, 0.15) is 60.7 Å². The maximum Gasteiger partial charge on any atom is 0.342 e. The van der Waals surface area contributed by atoms with Gasteiger partial charge in [0.15, 0.2) is 5.75 Å². The highest BCUT2D eigenvalue weighted by atomic mass is 32.1. The van der Waals surface area contributed by atoms with Crippen LogP contribution in [0.15, 0.2) is 11.6 Å². The number of esters is 1. The van der Waals surface area contributed by atoms with Crippen molar-refractivity contribution in [3.8, 4) is 11.5 Å². The van der Waals surface area contributed by atoms with Gasteiger partial charge in [0.25, 0.3) is 5.17 Å². The van der Waals surface area contributed by atoms with E-state index in [1.165, 1.54) is 0 Å². The summed E-state index contributed by atoms with van der Waals surface area (Å²) >= 11 is 5.50. The van der Waals surface area contributed by atoms with Crippen LogP contribution in [-0.2, 0) is 22.6 Å². The van der Waals surface area contributed by atoms with Crippen molar-refractivity contribution in [2.75, 3.05) is 20.7 Å². The Balaban J connectivity index is 2.51. The van der Waals surface area contributed by atoms with Crippen LogP contribution in [0.25, 0.3) is 0 Å². The molecule has 0 amide bonds. The Morgan fingerprint density at radius 2 is 2.00 bits per heavy atom. The van der Waals surface area contributed by atoms with Gasteiger partial charge in [-0.1, -0.05) is 25.5 Å². The first-order chi connectivity index (χ1) is 14.6. The van der Waals surface area contributed by atoms with E-state index in [0.717, 1.165) is 16.7 Å². The lowest BCUT2D eigenvalue weighted by Crippen LogP contribution is -2.33. The number of carboxylic acid groups (broad SMARTS) is 1. The van der Waals surface area contributed by atoms with Crippen LogP contribution in [0.3, 0.4) is 0 Å². The summed E-state index contributed by atoms with van der Waals surface area (Å²) < 4.78 is 17.1. The highest BCUT2D eigenvalue weighted by molar-refractivity contribution is 7.80. The molecule has 0 bridgehead atoms. The number of cyclic esters (lactones) is 1. The van der Waals surface area contributed by atoms with Gasteiger partial charge in [-0.25, -0.2) is 4.79 Å². The standard InChI is InChI=1S/C23H31NO6S/c1-13(2)11-24(5)23(31)30-21-16(9-7-14(3)8-10-18(25)26)20(28-6)15(4)17-12-29-22(27)19(17)21/h7,13H,8-12H2,1-6H3,(H,25,26)/b14-7+. The van der Waals surface area contributed by atoms with Crippen LogP contribution < -0.4 is 9.47 Å². The van der Waals surface area contributed by atoms with Crippen LogP contribution in [-0.4, -0.2) is 47.8 Å². The van der Waals surface area contributed by atoms with E-state index in [0.29, 0.717) is 47.9 Å². The number of hydrogen-bond acceptors (Lipinski definition) is 6. The molecular weight excluding hydrogens is 418 g/mol. The van der Waals surface area contributed by atoms with Gasteiger partial charge in [0.2, 0.25) is 0 Å². The van der Waals surface area contributed by atoms with Crippen molar-refractivity contribution in [3.05, 3.63) is 33.9 Å². The van der Waals surface area contributed by atoms with Crippen LogP contribution in [0.5, 0.6) is 11.5 Å². The Morgan fingerprint density at radius 3 is 2.58 bits per heavy atom. The minimum Gasteiger partial charge on any atom is -0.496 e. The van der Waals surface area contributed by atoms with E-state index in [1.807, 2.05) is 31.9 Å². The number of benzene rings is 1. The highest BCUT2D eigenvalue weighted by Gasteiger charge is 2.34. The van der Waals surface area contributed by atoms with Gasteiger partial charge in [0, 0.05) is 31.1 Å². The number of fused-ring (bicyclic) bond motifs is 1. The fourth-order valence-electron chi connectivity index (χ4n) is 3.59. The quantitative estimate of drug-likeness (QED) is 0.340. The maximum absolute atomic E-state index is 12.6. The summed E-state index contributed by atoms with van der Waals surface area (Å²) in [5.41, 5.74) is 3.55. The lowest BCUT2D eigenvalue weighted by Gasteiger charge is -2.24. The van der Waals surface area contributed by atoms with Crippen LogP contribution in [0.4, 0.5) is 0 Å². The predicted molar refractivity (Wildman–Crippen MR) is 122 cm³/mol. The Hall–Kier alpha value is -2.61. The molecule has 2 rings (SSSR count). The van der Waals surface area contributed by atoms with E-state index < -0.39 is 11.9 Å². The highest BCUT2D eigenvalue weighted by Crippen LogP contribution is 2.43. The normalized spacial score (nSPS) is 13.1. The number of carbonyl (C=O) groups is 2. The smallest absolute Gasteiger partial charge is 0.342 e. The molecule has 0 saturated carbocycles. The van der Waals surface area contributed by atoms with Crippen molar-refractivity contribution >= 4 is 29.3 Å². The second kappa shape index (κ2) is 10.6. The van der Waals surface area contributed by atoms with Crippen molar-refractivity contribution in [2.45, 2.75) is 53.6 Å². The van der Waals surface area contributed by atoms with Gasteiger partial charge in [-0.15, -0.1) is 0 Å². The van der Waals surface area contributed by atoms with E-state index in [1.54, 1.807) is 7.11 Å². The van der Waals surface area contributed by atoms with Gasteiger partial charge < -0.3 is 24.2 Å². The molecule has 8 heteroatoms. The number of carbonyl (C=O) groups excluding carboxylic acids is 1. The molecule has 0 atom stereocenters. The first-order valence-electron chi connectivity index (χ1n) is 10.3. The van der Waals surface area contributed by atoms with Crippen molar-refractivity contribution in [3.63, 3.8) is 0 Å². The lowest BCUT2D eigenvalue weighted by molar-refractivity contribution is -0.136. The predicted octanol–water partition coefficient (Wildman–Crippen LogP) is 4.28. The van der Waals surface area contributed by atoms with Gasteiger partial charge >= 0.3 is 11.9 Å². The van der Waals surface area contributed by atoms with Crippen molar-refractivity contribution in [1.29, 1.82) is 0 Å². The average molecular weight is 450 g/mol. The van der Waals surface area contributed by atoms with Crippen LogP contribution in [0.2, 0.25) is 0 Å². The fraction of sp³-hybridized carbons (Fsp3) is 0.522. The van der Waals surface area contributed by atoms with Crippen molar-refractivity contribution in [1.82, 2.24) is 4.90 Å². The van der Waals surface area contributed by atoms with Gasteiger partial charge in [0.1, 0.15) is 17.9 Å². The molecule has 0 spiro atoms. The first-order valence-corrected chi connectivity index (χ1v) is 10.7. The Kier molecular flexibility index (Phi) is 8.44. The fourth-order valence-corrected chi connectivity index (χ4v) is 3.75. The molecule has 1 heterocycles. The molecule has 0 radical (unpaired) electrons. The number of aliphatic carboxylic acids is 1. The molecule has 1 aromatic rings. The molecule has 0 aromatic heterocycles. The Labute approximate surface area is 189 Å². The summed E-state index contributed by atoms with van der Waals surface area (Å²) in [6.07, 6.45) is 2.83. The number of nitrogens with zero attached hydrogens (tertiary/aromatic N) is 1. The van der Waals surface area contributed by atoms with E-state index in [4.69, 9.17) is 31.5 Å². The molecule has 0 aliphatic carbocycles. The van der Waals surface area contributed by atoms with Crippen LogP contribution >= 0.6 is 12.2 Å². The second-order valence-corrected chi connectivity index (χ2v) is 8.54. The van der Waals surface area contributed by atoms with Gasteiger partial charge in [-0.3, -0.25) is 4.79 Å². The molecule has 0 saturated heterocycles. The van der Waals surface area contributed by atoms with Crippen molar-refractivity contribution < 1.29 is 28.9 Å². The summed E-state index contributed by atoms with van der Waals surface area (Å²) in [6, 6.07) is 0. The number of hydrogen-bond donors (Lipinski definition) is 1. The van der Waals surface area contributed by atoms with E-state index in [9.17, 15) is 9.59 Å². The molecule has 1 aromatic carbocycles. The number of allylic oxidation sites excluding steroid dienone is 2. The topological polar surface area (TPSA) is 85.3 Å². The molecule has 7 nitrogen and oxygen atoms in total. The zero-order valence-electron chi connectivity index (χ0n) is 19.0. The lowest BCUT2D eigenvalue weighted by atomic mass is 9.94. The van der Waals surface area contributed by atoms with Crippen molar-refractivity contribution in [2.24, 2.45) is 5.92 Å². The number of thiocarbonyl (C=S) groups is 1. The minimum absolute atomic E-state index is 0.0580. The summed E-state index contributed by atoms with van der Waals surface area (Å²) in [7, 11) is 3.42. The third-order valence-electron chi connectivity index (χ3n) is 5.15. The Morgan fingerprint density at radius 1 is 1.32 bits per heavy atom. The summed E-state index contributed by atoms with van der Waals surface area (Å²) in [6.45, 7) is 8.80. The third-order valence-corrected chi connectivity index (χ3v) is 5.55. The molecule has 170 valence electrons. The van der Waals surface area contributed by atoms with E-state index in [-0.39, 0.29) is 18.2 Å². The largest absolute Gasteiger partial charge is 0.496 e. The molecule has 1 aliphatic rings. The molecule has 31 heavy (non-hydrogen) atoms. The minimum atomic E-state index is -0.844. The van der Waals surface area contributed by atoms with Gasteiger partial charge in [-0.05, 0) is 50.4 Å². The average Bonchev–Trinajstić information content (AvgIpc) is 3.08. The zero-order chi connectivity index (χ0) is 23.3. The van der Waals surface area contributed by atoms with Crippen LogP contribution in [0, 0.1) is 12.8 Å². The summed E-state index contributed by atoms with van der Waals surface area (Å²) in [4.78, 5) is 25.2. The summed E-state index contributed by atoms with van der Waals surface area (Å²) in [5.74, 6) is 0.0578. The first kappa shape index (κ1) is 24.7. The van der Waals surface area contributed by atoms with E-state index in [2.05, 4.69) is 13.8 Å². The third kappa shape index (κ3) is 5.97. The number of rotatable bonds is 9. The second-order valence-electron chi connectivity index (χ2n) is 8.19. The molecule has 1 aliphatic heterocycles. The van der Waals surface area contributed by atoms with Gasteiger partial charge in [0.05, 0.1) is 7.11 Å². The molecule has 0 unspecified atom stereocenters. The number of carboxylic acids is 1. The number of methoxy groups -OCH3 is 1. The maximum atomic E-state index is 12.6. The number of ether oxygens (including phenoxy) is 3. The monoisotopic (exact) mass is 449 g/mol. The van der Waals surface area contributed by atoms with E-state index >= 15 is 0 Å². The molecule has 0 fully saturated rings. The Bertz CT molecular complexity index is 906. The molecule has 1 N–H and O–H groups in total. The zero-order valence-corrected chi connectivity index (χ0v) is 19.9. The van der Waals surface area contributed by atoms with Gasteiger partial charge in [-0.2, -0.15) is 0 Å². The molecular formula is C23H31NO6S.